The lowest BCUT2D eigenvalue weighted by molar-refractivity contribution is -0.115. The van der Waals surface area contributed by atoms with Crippen molar-refractivity contribution in [3.63, 3.8) is 0 Å². The summed E-state index contributed by atoms with van der Waals surface area (Å²) in [6.07, 6.45) is 0. The third-order valence-electron chi connectivity index (χ3n) is 6.23. The Morgan fingerprint density at radius 2 is 1.59 bits per heavy atom. The van der Waals surface area contributed by atoms with Crippen LogP contribution < -0.4 is 10.1 Å². The van der Waals surface area contributed by atoms with Gasteiger partial charge in [-0.15, -0.1) is 0 Å². The lowest BCUT2D eigenvalue weighted by atomic mass is 9.99. The molecule has 0 spiro atoms. The Bertz CT molecular complexity index is 1450. The summed E-state index contributed by atoms with van der Waals surface area (Å²) in [6.45, 7) is 7.82. The van der Waals surface area contributed by atoms with Crippen LogP contribution in [0.15, 0.2) is 77.8 Å². The zero-order valence-corrected chi connectivity index (χ0v) is 22.4. The average molecular weight is 508 g/mol. The summed E-state index contributed by atoms with van der Waals surface area (Å²) in [4.78, 5) is 18.0. The van der Waals surface area contributed by atoms with Gasteiger partial charge in [-0.3, -0.25) is 4.79 Å². The van der Waals surface area contributed by atoms with Crippen molar-refractivity contribution < 1.29 is 9.53 Å². The molecule has 0 aliphatic carbocycles. The second-order valence-corrected chi connectivity index (χ2v) is 10.3. The molecule has 0 bridgehead atoms. The highest BCUT2D eigenvalue weighted by Crippen LogP contribution is 2.36. The molecular weight excluding hydrogens is 478 g/mol. The van der Waals surface area contributed by atoms with Crippen molar-refractivity contribution in [3.05, 3.63) is 95.1 Å². The van der Waals surface area contributed by atoms with E-state index in [0.29, 0.717) is 10.6 Å². The first-order valence-electron chi connectivity index (χ1n) is 12.0. The number of aromatic nitrogens is 1. The minimum Gasteiger partial charge on any atom is -0.497 e. The Kier molecular flexibility index (Phi) is 7.95. The number of pyridine rings is 1. The van der Waals surface area contributed by atoms with Gasteiger partial charge >= 0.3 is 0 Å². The number of carbonyl (C=O) groups excluding carboxylic acids is 1. The van der Waals surface area contributed by atoms with E-state index in [0.717, 1.165) is 50.5 Å². The Morgan fingerprint density at radius 1 is 0.973 bits per heavy atom. The van der Waals surface area contributed by atoms with Crippen molar-refractivity contribution in [1.29, 1.82) is 5.26 Å². The fraction of sp³-hybridized carbons (Fsp3) is 0.194. The molecule has 6 heteroatoms. The van der Waals surface area contributed by atoms with Crippen molar-refractivity contribution in [1.82, 2.24) is 4.98 Å². The summed E-state index contributed by atoms with van der Waals surface area (Å²) in [6, 6.07) is 25.9. The van der Waals surface area contributed by atoms with E-state index in [1.54, 1.807) is 7.11 Å². The van der Waals surface area contributed by atoms with Gasteiger partial charge in [-0.05, 0) is 62.6 Å². The molecule has 1 atom stereocenters. The lowest BCUT2D eigenvalue weighted by Gasteiger charge is -2.17. The zero-order valence-electron chi connectivity index (χ0n) is 21.6. The lowest BCUT2D eigenvalue weighted by Crippen LogP contribution is -2.23. The first kappa shape index (κ1) is 26.0. The van der Waals surface area contributed by atoms with Crippen molar-refractivity contribution >= 4 is 23.4 Å². The summed E-state index contributed by atoms with van der Waals surface area (Å²) in [5, 5.41) is 13.3. The van der Waals surface area contributed by atoms with Gasteiger partial charge in [-0.25, -0.2) is 4.98 Å². The molecule has 3 aromatic carbocycles. The summed E-state index contributed by atoms with van der Waals surface area (Å²) in [5.74, 6) is 0.598. The van der Waals surface area contributed by atoms with E-state index < -0.39 is 5.25 Å². The molecule has 5 nitrogen and oxygen atoms in total. The molecular formula is C31H29N3O2S. The topological polar surface area (TPSA) is 75.0 Å². The predicted molar refractivity (Wildman–Crippen MR) is 151 cm³/mol. The number of carbonyl (C=O) groups is 1. The highest BCUT2D eigenvalue weighted by molar-refractivity contribution is 8.00. The molecule has 0 aliphatic heterocycles. The average Bonchev–Trinajstić information content (AvgIpc) is 2.90. The number of rotatable bonds is 7. The van der Waals surface area contributed by atoms with Crippen LogP contribution >= 0.6 is 11.8 Å². The van der Waals surface area contributed by atoms with E-state index in [4.69, 9.17) is 9.72 Å². The molecule has 0 unspecified atom stereocenters. The van der Waals surface area contributed by atoms with Gasteiger partial charge in [0.2, 0.25) is 5.91 Å². The Labute approximate surface area is 222 Å². The summed E-state index contributed by atoms with van der Waals surface area (Å²) >= 11 is 1.29. The first-order chi connectivity index (χ1) is 17.8. The van der Waals surface area contributed by atoms with Crippen LogP contribution in [-0.2, 0) is 4.79 Å². The van der Waals surface area contributed by atoms with Gasteiger partial charge in [0.15, 0.2) is 0 Å². The third-order valence-corrected chi connectivity index (χ3v) is 7.32. The van der Waals surface area contributed by atoms with Crippen LogP contribution in [0.4, 0.5) is 5.69 Å². The van der Waals surface area contributed by atoms with Crippen molar-refractivity contribution in [3.8, 4) is 34.2 Å². The maximum absolute atomic E-state index is 13.2. The van der Waals surface area contributed by atoms with E-state index in [2.05, 4.69) is 11.4 Å². The number of methoxy groups -OCH3 is 1. The summed E-state index contributed by atoms with van der Waals surface area (Å²) in [5.41, 5.74) is 7.75. The van der Waals surface area contributed by atoms with Crippen LogP contribution in [0.3, 0.4) is 0 Å². The number of nitrogens with zero attached hydrogens (tertiary/aromatic N) is 2. The molecule has 1 amide bonds. The number of para-hydroxylation sites is 1. The molecule has 0 saturated heterocycles. The number of ether oxygens (including phenoxy) is 1. The van der Waals surface area contributed by atoms with Crippen LogP contribution in [0.5, 0.6) is 5.75 Å². The van der Waals surface area contributed by atoms with Gasteiger partial charge in [0.05, 0.1) is 23.6 Å². The third kappa shape index (κ3) is 5.84. The number of nitrogens with one attached hydrogen (secondary N) is 1. The monoisotopic (exact) mass is 507 g/mol. The van der Waals surface area contributed by atoms with Gasteiger partial charge in [0.25, 0.3) is 0 Å². The highest BCUT2D eigenvalue weighted by Gasteiger charge is 2.22. The molecule has 0 radical (unpaired) electrons. The number of hydrogen-bond acceptors (Lipinski definition) is 5. The van der Waals surface area contributed by atoms with Crippen LogP contribution in [0.25, 0.3) is 22.4 Å². The molecule has 37 heavy (non-hydrogen) atoms. The SMILES string of the molecule is COc1ccc(-c2cc(-c3ccc(C)cc3)nc(S[C@H](C)C(=O)Nc3c(C)cccc3C)c2C#N)cc1. The Morgan fingerprint density at radius 3 is 2.19 bits per heavy atom. The van der Waals surface area contributed by atoms with Crippen LogP contribution in [-0.4, -0.2) is 23.3 Å². The fourth-order valence-corrected chi connectivity index (χ4v) is 4.97. The van der Waals surface area contributed by atoms with Crippen molar-refractivity contribution in [2.45, 2.75) is 38.0 Å². The molecule has 4 rings (SSSR count). The molecule has 0 saturated carbocycles. The van der Waals surface area contributed by atoms with Crippen LogP contribution in [0.1, 0.15) is 29.2 Å². The number of amides is 1. The molecule has 1 aromatic heterocycles. The predicted octanol–water partition coefficient (Wildman–Crippen LogP) is 7.34. The van der Waals surface area contributed by atoms with Gasteiger partial charge < -0.3 is 10.1 Å². The minimum atomic E-state index is -0.476. The maximum Gasteiger partial charge on any atom is 0.237 e. The molecule has 186 valence electrons. The molecule has 0 fully saturated rings. The van der Waals surface area contributed by atoms with E-state index in [9.17, 15) is 10.1 Å². The quantitative estimate of drug-likeness (QED) is 0.265. The van der Waals surface area contributed by atoms with E-state index in [-0.39, 0.29) is 5.91 Å². The summed E-state index contributed by atoms with van der Waals surface area (Å²) in [7, 11) is 1.62. The highest BCUT2D eigenvalue weighted by atomic mass is 32.2. The second kappa shape index (κ2) is 11.3. The van der Waals surface area contributed by atoms with E-state index >= 15 is 0 Å². The number of aryl methyl sites for hydroxylation is 3. The number of thioether (sulfide) groups is 1. The van der Waals surface area contributed by atoms with Gasteiger partial charge in [-0.2, -0.15) is 5.26 Å². The normalized spacial score (nSPS) is 11.5. The Balaban J connectivity index is 1.75. The van der Waals surface area contributed by atoms with E-state index in [1.165, 1.54) is 11.8 Å². The molecule has 0 aliphatic rings. The van der Waals surface area contributed by atoms with Crippen LogP contribution in [0, 0.1) is 32.1 Å². The first-order valence-corrected chi connectivity index (χ1v) is 12.9. The maximum atomic E-state index is 13.2. The number of nitriles is 1. The summed E-state index contributed by atoms with van der Waals surface area (Å²) < 4.78 is 5.31. The number of anilines is 1. The number of benzene rings is 3. The van der Waals surface area contributed by atoms with Gasteiger partial charge in [-0.1, -0.05) is 71.9 Å². The van der Waals surface area contributed by atoms with Gasteiger partial charge in [0, 0.05) is 16.8 Å². The number of hydrogen-bond donors (Lipinski definition) is 1. The molecule has 1 heterocycles. The van der Waals surface area contributed by atoms with Crippen molar-refractivity contribution in [2.75, 3.05) is 12.4 Å². The van der Waals surface area contributed by atoms with Crippen molar-refractivity contribution in [2.24, 2.45) is 0 Å². The second-order valence-electron chi connectivity index (χ2n) is 8.96. The van der Waals surface area contributed by atoms with Crippen LogP contribution in [0.2, 0.25) is 0 Å². The molecule has 1 N–H and O–H groups in total. The smallest absolute Gasteiger partial charge is 0.237 e. The van der Waals surface area contributed by atoms with Gasteiger partial charge in [0.1, 0.15) is 16.8 Å². The molecule has 4 aromatic rings. The fourth-order valence-electron chi connectivity index (χ4n) is 4.04. The largest absolute Gasteiger partial charge is 0.497 e. The minimum absolute atomic E-state index is 0.139. The van der Waals surface area contributed by atoms with E-state index in [1.807, 2.05) is 100 Å². The Hall–Kier alpha value is -4.08. The zero-order chi connectivity index (χ0) is 26.5. The standard InChI is InChI=1S/C31H29N3O2S/c1-19-9-11-24(12-10-19)28-17-26(23-13-15-25(36-5)16-14-23)27(18-32)31(33-28)37-22(4)30(35)34-29-20(2)7-6-8-21(29)3/h6-17,22H,1-5H3,(H,34,35)/t22-/m1/s1.